The fraction of sp³-hybridized carbons (Fsp3) is 0.435. The number of carbonyl (C=O) groups excluding carboxylic acids is 1. The topological polar surface area (TPSA) is 53.7 Å². The van der Waals surface area contributed by atoms with E-state index in [2.05, 4.69) is 39.1 Å². The molecule has 1 fully saturated rings. The zero-order valence-corrected chi connectivity index (χ0v) is 17.1. The van der Waals surface area contributed by atoms with Gasteiger partial charge in [-0.05, 0) is 56.3 Å². The van der Waals surface area contributed by atoms with Gasteiger partial charge in [0.05, 0.1) is 5.69 Å². The average molecular weight is 390 g/mol. The van der Waals surface area contributed by atoms with Gasteiger partial charge >= 0.3 is 0 Å². The van der Waals surface area contributed by atoms with E-state index in [0.29, 0.717) is 17.5 Å². The Kier molecular flexibility index (Phi) is 4.59. The summed E-state index contributed by atoms with van der Waals surface area (Å²) in [5.74, 6) is 0.611. The van der Waals surface area contributed by atoms with Gasteiger partial charge in [0.25, 0.3) is 5.91 Å². The molecule has 1 aliphatic carbocycles. The number of imidazole rings is 1. The van der Waals surface area contributed by atoms with Gasteiger partial charge in [-0.15, -0.1) is 0 Å². The highest BCUT2D eigenvalue weighted by Crippen LogP contribution is 2.28. The molecule has 0 spiro atoms. The molecule has 1 aromatic carbocycles. The lowest BCUT2D eigenvalue weighted by molar-refractivity contribution is 0.0548. The lowest BCUT2D eigenvalue weighted by atomic mass is 10.0. The maximum absolute atomic E-state index is 13.4. The highest BCUT2D eigenvalue weighted by molar-refractivity contribution is 5.94. The summed E-state index contributed by atoms with van der Waals surface area (Å²) in [7, 11) is 1.94. The van der Waals surface area contributed by atoms with Crippen LogP contribution >= 0.6 is 0 Å². The van der Waals surface area contributed by atoms with Crippen LogP contribution in [0.4, 0.5) is 0 Å². The van der Waals surface area contributed by atoms with Gasteiger partial charge in [0.1, 0.15) is 5.69 Å². The van der Waals surface area contributed by atoms with Crippen molar-refractivity contribution in [1.29, 1.82) is 0 Å². The summed E-state index contributed by atoms with van der Waals surface area (Å²) in [6.45, 7) is 3.95. The Morgan fingerprint density at radius 3 is 2.69 bits per heavy atom. The van der Waals surface area contributed by atoms with Gasteiger partial charge in [-0.2, -0.15) is 0 Å². The van der Waals surface area contributed by atoms with Crippen LogP contribution in [-0.4, -0.2) is 62.3 Å². The van der Waals surface area contributed by atoms with E-state index in [0.717, 1.165) is 44.5 Å². The average Bonchev–Trinajstić information content (AvgIpc) is 3.33. The molecule has 3 aromatic rings. The molecule has 3 heterocycles. The smallest absolute Gasteiger partial charge is 0.272 e. The molecule has 0 bridgehead atoms. The number of amides is 1. The van der Waals surface area contributed by atoms with Gasteiger partial charge in [0, 0.05) is 38.1 Å². The summed E-state index contributed by atoms with van der Waals surface area (Å²) in [6.07, 6.45) is 8.00. The van der Waals surface area contributed by atoms with Crippen LogP contribution in [-0.2, 0) is 12.8 Å². The first-order valence-corrected chi connectivity index (χ1v) is 10.5. The van der Waals surface area contributed by atoms with E-state index in [1.165, 1.54) is 11.1 Å². The Bertz CT molecular complexity index is 1030. The van der Waals surface area contributed by atoms with Gasteiger partial charge in [0.2, 0.25) is 5.78 Å². The Hall–Kier alpha value is -2.73. The molecular formula is C23H27N5O. The molecule has 5 rings (SSSR count). The molecule has 0 saturated carbocycles. The Morgan fingerprint density at radius 2 is 1.93 bits per heavy atom. The van der Waals surface area contributed by atoms with Crippen LogP contribution < -0.4 is 0 Å². The molecule has 6 heteroatoms. The normalized spacial score (nSPS) is 20.1. The number of likely N-dealkylation sites (tertiary alicyclic amines) is 1. The van der Waals surface area contributed by atoms with E-state index < -0.39 is 0 Å². The maximum Gasteiger partial charge on any atom is 0.272 e. The Labute approximate surface area is 171 Å². The van der Waals surface area contributed by atoms with Gasteiger partial charge in [-0.25, -0.2) is 9.97 Å². The van der Waals surface area contributed by atoms with Crippen molar-refractivity contribution in [3.8, 4) is 0 Å². The summed E-state index contributed by atoms with van der Waals surface area (Å²) < 4.78 is 1.81. The van der Waals surface area contributed by atoms with E-state index in [-0.39, 0.29) is 11.9 Å². The van der Waals surface area contributed by atoms with Gasteiger partial charge in [-0.1, -0.05) is 24.3 Å². The molecule has 150 valence electrons. The fourth-order valence-corrected chi connectivity index (χ4v) is 5.01. The highest BCUT2D eigenvalue weighted by atomic mass is 16.2. The molecule has 1 saturated heterocycles. The lowest BCUT2D eigenvalue weighted by Gasteiger charge is -2.40. The Morgan fingerprint density at radius 1 is 1.17 bits per heavy atom. The number of fused-ring (bicyclic) bond motifs is 2. The van der Waals surface area contributed by atoms with Crippen molar-refractivity contribution in [2.45, 2.75) is 44.7 Å². The third-order valence-corrected chi connectivity index (χ3v) is 6.62. The van der Waals surface area contributed by atoms with Crippen molar-refractivity contribution < 1.29 is 4.79 Å². The molecule has 0 N–H and O–H groups in total. The fourth-order valence-electron chi connectivity index (χ4n) is 5.01. The minimum absolute atomic E-state index is 0.0320. The molecule has 1 amide bonds. The van der Waals surface area contributed by atoms with Crippen LogP contribution in [0.1, 0.15) is 40.2 Å². The zero-order valence-electron chi connectivity index (χ0n) is 17.1. The second kappa shape index (κ2) is 7.26. The van der Waals surface area contributed by atoms with Crippen LogP contribution in [0.5, 0.6) is 0 Å². The van der Waals surface area contributed by atoms with Crippen LogP contribution in [0.2, 0.25) is 0 Å². The second-order valence-electron chi connectivity index (χ2n) is 8.37. The third-order valence-electron chi connectivity index (χ3n) is 6.62. The quantitative estimate of drug-likeness (QED) is 0.691. The minimum atomic E-state index is 0.0320. The van der Waals surface area contributed by atoms with Crippen molar-refractivity contribution in [3.63, 3.8) is 0 Å². The monoisotopic (exact) mass is 389 g/mol. The van der Waals surface area contributed by atoms with Gasteiger partial charge in [0.15, 0.2) is 0 Å². The second-order valence-corrected chi connectivity index (χ2v) is 8.37. The van der Waals surface area contributed by atoms with E-state index in [4.69, 9.17) is 0 Å². The summed E-state index contributed by atoms with van der Waals surface area (Å²) in [4.78, 5) is 26.6. The Balaban J connectivity index is 1.33. The number of hydrogen-bond acceptors (Lipinski definition) is 4. The third kappa shape index (κ3) is 3.21. The first kappa shape index (κ1) is 18.3. The SMILES string of the molecule is Cc1nc2ncccn2c1C(=O)N(C)C1CCCN(C2Cc3ccccc3C2)C1. The molecule has 6 nitrogen and oxygen atoms in total. The van der Waals surface area contributed by atoms with Gasteiger partial charge < -0.3 is 4.90 Å². The molecule has 2 aliphatic rings. The molecule has 1 unspecified atom stereocenters. The number of nitrogens with zero attached hydrogens (tertiary/aromatic N) is 5. The van der Waals surface area contributed by atoms with Crippen molar-refractivity contribution in [2.24, 2.45) is 0 Å². The molecule has 0 radical (unpaired) electrons. The predicted molar refractivity (Wildman–Crippen MR) is 112 cm³/mol. The van der Waals surface area contributed by atoms with E-state index >= 15 is 0 Å². The van der Waals surface area contributed by atoms with Crippen molar-refractivity contribution in [1.82, 2.24) is 24.2 Å². The lowest BCUT2D eigenvalue weighted by Crippen LogP contribution is -2.52. The molecule has 1 atom stereocenters. The maximum atomic E-state index is 13.4. The number of aromatic nitrogens is 3. The number of rotatable bonds is 3. The number of benzene rings is 1. The summed E-state index contributed by atoms with van der Waals surface area (Å²) >= 11 is 0. The molecular weight excluding hydrogens is 362 g/mol. The number of piperidine rings is 1. The zero-order chi connectivity index (χ0) is 20.0. The van der Waals surface area contributed by atoms with E-state index in [1.54, 1.807) is 6.20 Å². The largest absolute Gasteiger partial charge is 0.336 e. The summed E-state index contributed by atoms with van der Waals surface area (Å²) in [6, 6.07) is 11.4. The number of likely N-dealkylation sites (N-methyl/N-ethyl adjacent to an activating group) is 1. The first-order chi connectivity index (χ1) is 14.1. The first-order valence-electron chi connectivity index (χ1n) is 10.5. The molecule has 1 aliphatic heterocycles. The number of hydrogen-bond donors (Lipinski definition) is 0. The minimum Gasteiger partial charge on any atom is -0.336 e. The van der Waals surface area contributed by atoms with Crippen LogP contribution in [0.3, 0.4) is 0 Å². The van der Waals surface area contributed by atoms with Crippen LogP contribution in [0.15, 0.2) is 42.7 Å². The highest BCUT2D eigenvalue weighted by Gasteiger charge is 2.34. The summed E-state index contributed by atoms with van der Waals surface area (Å²) in [5, 5.41) is 0. The molecule has 29 heavy (non-hydrogen) atoms. The van der Waals surface area contributed by atoms with Crippen molar-refractivity contribution in [3.05, 3.63) is 65.2 Å². The van der Waals surface area contributed by atoms with E-state index in [9.17, 15) is 4.79 Å². The van der Waals surface area contributed by atoms with Crippen LogP contribution in [0, 0.1) is 6.92 Å². The van der Waals surface area contributed by atoms with Crippen LogP contribution in [0.25, 0.3) is 5.78 Å². The van der Waals surface area contributed by atoms with Gasteiger partial charge in [-0.3, -0.25) is 14.1 Å². The van der Waals surface area contributed by atoms with E-state index in [1.807, 2.05) is 35.5 Å². The standard InChI is InChI=1S/C23H27N5O/c1-16-21(28-12-6-10-24-23(28)25-16)22(29)26(2)19-9-5-11-27(15-19)20-13-17-7-3-4-8-18(17)14-20/h3-4,6-8,10,12,19-20H,5,9,11,13-15H2,1-2H3. The molecule has 2 aromatic heterocycles. The summed E-state index contributed by atoms with van der Waals surface area (Å²) in [5.41, 5.74) is 4.33. The predicted octanol–water partition coefficient (Wildman–Crippen LogP) is 2.74. The number of aryl methyl sites for hydroxylation is 1. The van der Waals surface area contributed by atoms with Crippen molar-refractivity contribution >= 4 is 11.7 Å². The number of carbonyl (C=O) groups is 1. The van der Waals surface area contributed by atoms with Crippen molar-refractivity contribution in [2.75, 3.05) is 20.1 Å².